The van der Waals surface area contributed by atoms with E-state index in [0.717, 1.165) is 26.6 Å². The van der Waals surface area contributed by atoms with Crippen LogP contribution in [0.15, 0.2) is 50.6 Å². The van der Waals surface area contributed by atoms with Crippen LogP contribution in [0.25, 0.3) is 11.5 Å². The van der Waals surface area contributed by atoms with Gasteiger partial charge in [0, 0.05) is 16.7 Å². The largest absolute Gasteiger partial charge is 0.269 e. The molecule has 0 unspecified atom stereocenters. The first-order chi connectivity index (χ1) is 9.99. The minimum atomic E-state index is -0.932. The molecular formula is C14H9BrFN3O2. The van der Waals surface area contributed by atoms with Gasteiger partial charge in [-0.1, -0.05) is 15.9 Å². The van der Waals surface area contributed by atoms with E-state index >= 15 is 0 Å². The van der Waals surface area contributed by atoms with Gasteiger partial charge in [0.05, 0.1) is 11.8 Å². The summed E-state index contributed by atoms with van der Waals surface area (Å²) in [6, 6.07) is 7.13. The first kappa shape index (κ1) is 13.7. The molecule has 0 N–H and O–H groups in total. The van der Waals surface area contributed by atoms with Crippen LogP contribution in [0.1, 0.15) is 5.56 Å². The van der Waals surface area contributed by atoms with Crippen molar-refractivity contribution in [2.75, 3.05) is 0 Å². The lowest BCUT2D eigenvalue weighted by atomic mass is 10.2. The molecule has 0 spiro atoms. The smallest absolute Gasteiger partial charge is 0.262 e. The Hall–Kier alpha value is -2.28. The highest BCUT2D eigenvalue weighted by Crippen LogP contribution is 2.19. The summed E-state index contributed by atoms with van der Waals surface area (Å²) in [6.45, 7) is 1.87. The molecule has 2 heterocycles. The van der Waals surface area contributed by atoms with Crippen LogP contribution in [0.4, 0.5) is 4.39 Å². The summed E-state index contributed by atoms with van der Waals surface area (Å²) in [4.78, 5) is 27.9. The molecule has 0 amide bonds. The Morgan fingerprint density at radius 2 is 1.90 bits per heavy atom. The maximum Gasteiger partial charge on any atom is 0.262 e. The van der Waals surface area contributed by atoms with Crippen LogP contribution >= 0.6 is 15.9 Å². The maximum absolute atomic E-state index is 13.8. The van der Waals surface area contributed by atoms with Gasteiger partial charge in [-0.2, -0.15) is 4.39 Å². The SMILES string of the molecule is Cc1cc(-n2c(=O)cc(F)n3c(=O)ccnc23)ccc1Br. The minimum absolute atomic E-state index is 0.0609. The molecule has 1 aromatic carbocycles. The molecule has 21 heavy (non-hydrogen) atoms. The number of hydrogen-bond acceptors (Lipinski definition) is 3. The quantitative estimate of drug-likeness (QED) is 0.632. The van der Waals surface area contributed by atoms with Crippen LogP contribution in [0.2, 0.25) is 0 Å². The molecule has 0 atom stereocenters. The summed E-state index contributed by atoms with van der Waals surface area (Å²) in [7, 11) is 0. The van der Waals surface area contributed by atoms with Crippen LogP contribution in [-0.4, -0.2) is 14.0 Å². The lowest BCUT2D eigenvalue weighted by Gasteiger charge is -2.11. The monoisotopic (exact) mass is 349 g/mol. The first-order valence-corrected chi connectivity index (χ1v) is 6.84. The fourth-order valence-corrected chi connectivity index (χ4v) is 2.34. The van der Waals surface area contributed by atoms with Crippen molar-refractivity contribution in [2.24, 2.45) is 0 Å². The zero-order chi connectivity index (χ0) is 15.1. The van der Waals surface area contributed by atoms with E-state index in [1.807, 2.05) is 6.92 Å². The molecule has 0 saturated carbocycles. The van der Waals surface area contributed by atoms with Crippen molar-refractivity contribution in [1.29, 1.82) is 0 Å². The zero-order valence-electron chi connectivity index (χ0n) is 10.9. The second-order valence-corrected chi connectivity index (χ2v) is 5.35. The van der Waals surface area contributed by atoms with E-state index in [2.05, 4.69) is 20.9 Å². The summed E-state index contributed by atoms with van der Waals surface area (Å²) in [5, 5.41) is 0. The number of nitrogens with zero attached hydrogens (tertiary/aromatic N) is 3. The van der Waals surface area contributed by atoms with Gasteiger partial charge in [-0.15, -0.1) is 0 Å². The second kappa shape index (κ2) is 4.92. The van der Waals surface area contributed by atoms with Crippen molar-refractivity contribution in [3.05, 3.63) is 73.2 Å². The number of hydrogen-bond donors (Lipinski definition) is 0. The van der Waals surface area contributed by atoms with E-state index in [-0.39, 0.29) is 5.78 Å². The van der Waals surface area contributed by atoms with E-state index in [9.17, 15) is 14.0 Å². The molecule has 0 aliphatic carbocycles. The second-order valence-electron chi connectivity index (χ2n) is 4.49. The highest BCUT2D eigenvalue weighted by Gasteiger charge is 2.12. The molecule has 0 bridgehead atoms. The number of aromatic nitrogens is 3. The summed E-state index contributed by atoms with van der Waals surface area (Å²) >= 11 is 3.38. The van der Waals surface area contributed by atoms with Gasteiger partial charge in [-0.3, -0.25) is 9.59 Å². The van der Waals surface area contributed by atoms with Crippen molar-refractivity contribution in [3.63, 3.8) is 0 Å². The van der Waals surface area contributed by atoms with Gasteiger partial charge in [0.15, 0.2) is 0 Å². The lowest BCUT2D eigenvalue weighted by Crippen LogP contribution is -2.28. The highest BCUT2D eigenvalue weighted by atomic mass is 79.9. The standard InChI is InChI=1S/C14H9BrFN3O2/c1-8-6-9(2-3-10(8)15)18-13(21)7-11(16)19-12(20)4-5-17-14(18)19/h2-7H,1H3. The van der Waals surface area contributed by atoms with Crippen LogP contribution in [-0.2, 0) is 0 Å². The average Bonchev–Trinajstić information content (AvgIpc) is 2.42. The van der Waals surface area contributed by atoms with Gasteiger partial charge >= 0.3 is 0 Å². The number of fused-ring (bicyclic) bond motifs is 1. The molecule has 7 heteroatoms. The topological polar surface area (TPSA) is 56.4 Å². The fraction of sp³-hybridized carbons (Fsp3) is 0.0714. The third-order valence-electron chi connectivity index (χ3n) is 3.10. The van der Waals surface area contributed by atoms with E-state index in [1.54, 1.807) is 18.2 Å². The van der Waals surface area contributed by atoms with Crippen molar-refractivity contribution in [1.82, 2.24) is 14.0 Å². The average molecular weight is 350 g/mol. The van der Waals surface area contributed by atoms with Crippen LogP contribution in [0.5, 0.6) is 0 Å². The summed E-state index contributed by atoms with van der Waals surface area (Å²) in [5.74, 6) is -0.993. The number of aryl methyl sites for hydroxylation is 1. The minimum Gasteiger partial charge on any atom is -0.269 e. The molecular weight excluding hydrogens is 341 g/mol. The van der Waals surface area contributed by atoms with Crippen LogP contribution < -0.4 is 11.1 Å². The first-order valence-electron chi connectivity index (χ1n) is 6.05. The third kappa shape index (κ3) is 2.19. The van der Waals surface area contributed by atoms with E-state index < -0.39 is 17.1 Å². The fourth-order valence-electron chi connectivity index (χ4n) is 2.10. The Bertz CT molecular complexity index is 978. The predicted molar refractivity (Wildman–Crippen MR) is 79.5 cm³/mol. The molecule has 2 aromatic heterocycles. The maximum atomic E-state index is 13.8. The van der Waals surface area contributed by atoms with Crippen LogP contribution in [0.3, 0.4) is 0 Å². The molecule has 0 fully saturated rings. The molecule has 0 saturated heterocycles. The molecule has 3 rings (SSSR count). The summed E-state index contributed by atoms with van der Waals surface area (Å²) in [5.41, 5.74) is 0.240. The molecule has 0 aliphatic heterocycles. The number of halogens is 2. The number of rotatable bonds is 1. The van der Waals surface area contributed by atoms with Crippen molar-refractivity contribution >= 4 is 21.7 Å². The molecule has 0 aliphatic rings. The van der Waals surface area contributed by atoms with E-state index in [0.29, 0.717) is 5.69 Å². The Kier molecular flexibility index (Phi) is 3.21. The molecule has 5 nitrogen and oxygen atoms in total. The van der Waals surface area contributed by atoms with Crippen molar-refractivity contribution in [2.45, 2.75) is 6.92 Å². The number of benzene rings is 1. The lowest BCUT2D eigenvalue weighted by molar-refractivity contribution is 0.548. The Balaban J connectivity index is 2.48. The van der Waals surface area contributed by atoms with Crippen molar-refractivity contribution in [3.8, 4) is 5.69 Å². The van der Waals surface area contributed by atoms with Crippen molar-refractivity contribution < 1.29 is 4.39 Å². The van der Waals surface area contributed by atoms with Gasteiger partial charge in [0.2, 0.25) is 11.7 Å². The molecule has 106 valence electrons. The highest BCUT2D eigenvalue weighted by molar-refractivity contribution is 9.10. The van der Waals surface area contributed by atoms with E-state index in [1.165, 1.54) is 10.8 Å². The van der Waals surface area contributed by atoms with Gasteiger partial charge in [0.1, 0.15) is 0 Å². The molecule has 3 aromatic rings. The summed E-state index contributed by atoms with van der Waals surface area (Å²) < 4.78 is 16.7. The van der Waals surface area contributed by atoms with Gasteiger partial charge in [-0.05, 0) is 30.7 Å². The Labute approximate surface area is 126 Å². The summed E-state index contributed by atoms with van der Waals surface area (Å²) in [6.07, 6.45) is 1.25. The van der Waals surface area contributed by atoms with E-state index in [4.69, 9.17) is 0 Å². The Morgan fingerprint density at radius 1 is 1.14 bits per heavy atom. The third-order valence-corrected chi connectivity index (χ3v) is 3.99. The molecule has 0 radical (unpaired) electrons. The van der Waals surface area contributed by atoms with Crippen LogP contribution in [0, 0.1) is 12.9 Å². The Morgan fingerprint density at radius 3 is 2.62 bits per heavy atom. The van der Waals surface area contributed by atoms with Gasteiger partial charge in [0.25, 0.3) is 11.1 Å². The normalized spacial score (nSPS) is 11.0. The zero-order valence-corrected chi connectivity index (χ0v) is 12.5. The predicted octanol–water partition coefficient (Wildman–Crippen LogP) is 2.06. The van der Waals surface area contributed by atoms with Gasteiger partial charge < -0.3 is 0 Å². The van der Waals surface area contributed by atoms with Gasteiger partial charge in [-0.25, -0.2) is 14.0 Å².